The Balaban J connectivity index is 0.000000225. The Bertz CT molecular complexity index is 1010. The van der Waals surface area contributed by atoms with Crippen molar-refractivity contribution in [3.8, 4) is 0 Å². The third kappa shape index (κ3) is 7.37. The molecule has 7 nitrogen and oxygen atoms in total. The van der Waals surface area contributed by atoms with Gasteiger partial charge in [-0.3, -0.25) is 9.35 Å². The van der Waals surface area contributed by atoms with E-state index >= 15 is 0 Å². The summed E-state index contributed by atoms with van der Waals surface area (Å²) in [5.74, 6) is -0.353. The summed E-state index contributed by atoms with van der Waals surface area (Å²) in [5, 5.41) is -0.0951. The molecule has 0 atom stereocenters. The van der Waals surface area contributed by atoms with Gasteiger partial charge in [0.2, 0.25) is 5.91 Å². The summed E-state index contributed by atoms with van der Waals surface area (Å²) in [7, 11) is -4.14. The van der Waals surface area contributed by atoms with Crippen molar-refractivity contribution in [2.75, 3.05) is 18.0 Å². The number of primary amides is 1. The van der Waals surface area contributed by atoms with E-state index in [0.29, 0.717) is 6.07 Å². The van der Waals surface area contributed by atoms with Crippen molar-refractivity contribution in [3.05, 3.63) is 52.7 Å². The Morgan fingerprint density at radius 1 is 1.10 bits per heavy atom. The van der Waals surface area contributed by atoms with Crippen molar-refractivity contribution in [2.24, 2.45) is 5.73 Å². The van der Waals surface area contributed by atoms with Crippen LogP contribution in [0.4, 0.5) is 19.0 Å². The van der Waals surface area contributed by atoms with E-state index in [9.17, 15) is 26.4 Å². The van der Waals surface area contributed by atoms with Crippen LogP contribution in [0, 0.1) is 0 Å². The number of carbonyl (C=O) groups excluding carboxylic acids is 1. The summed E-state index contributed by atoms with van der Waals surface area (Å²) in [6.07, 6.45) is 1.33. The Hall–Kier alpha value is -2.37. The minimum Gasteiger partial charge on any atom is -0.366 e. The summed E-state index contributed by atoms with van der Waals surface area (Å²) in [6.45, 7) is 1.91. The van der Waals surface area contributed by atoms with E-state index in [1.54, 1.807) is 6.07 Å². The van der Waals surface area contributed by atoms with Gasteiger partial charge < -0.3 is 10.6 Å². The summed E-state index contributed by atoms with van der Waals surface area (Å²) < 4.78 is 67.6. The van der Waals surface area contributed by atoms with Gasteiger partial charge in [-0.1, -0.05) is 24.4 Å². The van der Waals surface area contributed by atoms with Gasteiger partial charge in [-0.25, -0.2) is 4.98 Å². The molecule has 12 heteroatoms. The third-order valence-corrected chi connectivity index (χ3v) is 5.57. The summed E-state index contributed by atoms with van der Waals surface area (Å²) >= 11 is 5.38. The standard InChI is InChI=1S/C11H16N2O3S.C8H5ClF3NO/c14-17(15,16)10-5-6-11(12-9-10)13-7-3-1-2-4-8-13;9-4-1-2-5(7(13)14)6(3-4)8(10,11)12/h5-6,9H,1-4,7-8H2,(H,14,15,16);1-3H,(H2,13,14). The smallest absolute Gasteiger partial charge is 0.366 e. The number of anilines is 1. The fourth-order valence-electron chi connectivity index (χ4n) is 2.98. The van der Waals surface area contributed by atoms with Gasteiger partial charge in [0.1, 0.15) is 10.7 Å². The maximum Gasteiger partial charge on any atom is 0.417 e. The molecule has 1 aliphatic heterocycles. The van der Waals surface area contributed by atoms with Crippen LogP contribution in [0.3, 0.4) is 0 Å². The quantitative estimate of drug-likeness (QED) is 0.639. The highest BCUT2D eigenvalue weighted by Crippen LogP contribution is 2.33. The molecule has 3 rings (SSSR count). The molecule has 2 aromatic rings. The van der Waals surface area contributed by atoms with Crippen molar-refractivity contribution in [2.45, 2.75) is 36.8 Å². The molecule has 2 heterocycles. The maximum absolute atomic E-state index is 12.3. The minimum absolute atomic E-state index is 0.0951. The molecular formula is C19H21ClF3N3O4S. The maximum atomic E-state index is 12.3. The molecule has 170 valence electrons. The van der Waals surface area contributed by atoms with Crippen molar-refractivity contribution in [3.63, 3.8) is 0 Å². The van der Waals surface area contributed by atoms with E-state index in [0.717, 1.165) is 37.8 Å². The van der Waals surface area contributed by atoms with E-state index in [4.69, 9.17) is 21.9 Å². The Labute approximate surface area is 182 Å². The lowest BCUT2D eigenvalue weighted by atomic mass is 10.1. The third-order valence-electron chi connectivity index (χ3n) is 4.50. The molecule has 1 amide bonds. The Morgan fingerprint density at radius 3 is 2.16 bits per heavy atom. The molecule has 0 aliphatic carbocycles. The van der Waals surface area contributed by atoms with E-state index in [2.05, 4.69) is 9.88 Å². The normalized spacial score (nSPS) is 14.9. The number of hydrogen-bond acceptors (Lipinski definition) is 5. The topological polar surface area (TPSA) is 114 Å². The monoisotopic (exact) mass is 479 g/mol. The number of aromatic nitrogens is 1. The van der Waals surface area contributed by atoms with Gasteiger partial charge in [-0.15, -0.1) is 0 Å². The van der Waals surface area contributed by atoms with Crippen LogP contribution in [-0.2, 0) is 16.3 Å². The van der Waals surface area contributed by atoms with E-state index in [1.165, 1.54) is 31.2 Å². The lowest BCUT2D eigenvalue weighted by molar-refractivity contribution is -0.137. The second kappa shape index (κ2) is 10.3. The fourth-order valence-corrected chi connectivity index (χ4v) is 3.58. The van der Waals surface area contributed by atoms with Crippen LogP contribution in [0.15, 0.2) is 41.4 Å². The molecule has 1 aromatic heterocycles. The SMILES string of the molecule is NC(=O)c1ccc(Cl)cc1C(F)(F)F.O=S(=O)(O)c1ccc(N2CCCCCC2)nc1. The number of alkyl halides is 3. The van der Waals surface area contributed by atoms with Gasteiger partial charge in [0.05, 0.1) is 17.3 Å². The first-order valence-electron chi connectivity index (χ1n) is 9.24. The number of amides is 1. The zero-order valence-corrected chi connectivity index (χ0v) is 17.8. The number of pyridine rings is 1. The lowest BCUT2D eigenvalue weighted by Gasteiger charge is -2.21. The summed E-state index contributed by atoms with van der Waals surface area (Å²) in [4.78, 5) is 16.8. The highest BCUT2D eigenvalue weighted by molar-refractivity contribution is 7.85. The number of nitrogens with two attached hydrogens (primary N) is 1. The van der Waals surface area contributed by atoms with Crippen molar-refractivity contribution < 1.29 is 30.9 Å². The number of benzene rings is 1. The van der Waals surface area contributed by atoms with Crippen molar-refractivity contribution >= 4 is 33.4 Å². The van der Waals surface area contributed by atoms with Gasteiger partial charge in [-0.05, 0) is 43.2 Å². The molecule has 0 spiro atoms. The number of nitrogens with zero attached hydrogens (tertiary/aromatic N) is 2. The lowest BCUT2D eigenvalue weighted by Crippen LogP contribution is -2.24. The second-order valence-corrected chi connectivity index (χ2v) is 8.64. The van der Waals surface area contributed by atoms with Gasteiger partial charge in [0.15, 0.2) is 0 Å². The molecule has 1 fully saturated rings. The van der Waals surface area contributed by atoms with Crippen LogP contribution in [0.25, 0.3) is 0 Å². The first-order chi connectivity index (χ1) is 14.4. The first-order valence-corrected chi connectivity index (χ1v) is 11.1. The molecular weight excluding hydrogens is 459 g/mol. The van der Waals surface area contributed by atoms with Crippen LogP contribution < -0.4 is 10.6 Å². The average molecular weight is 480 g/mol. The van der Waals surface area contributed by atoms with Gasteiger partial charge in [-0.2, -0.15) is 21.6 Å². The summed E-state index contributed by atoms with van der Waals surface area (Å²) in [5.41, 5.74) is 3.08. The van der Waals surface area contributed by atoms with Crippen LogP contribution >= 0.6 is 11.6 Å². The molecule has 0 unspecified atom stereocenters. The molecule has 31 heavy (non-hydrogen) atoms. The second-order valence-electron chi connectivity index (χ2n) is 6.78. The average Bonchev–Trinajstić information content (AvgIpc) is 2.96. The van der Waals surface area contributed by atoms with Gasteiger partial charge in [0.25, 0.3) is 10.1 Å². The summed E-state index contributed by atoms with van der Waals surface area (Å²) in [6, 6.07) is 5.84. The predicted molar refractivity (Wildman–Crippen MR) is 110 cm³/mol. The van der Waals surface area contributed by atoms with Crippen molar-refractivity contribution in [1.82, 2.24) is 4.98 Å². The fraction of sp³-hybridized carbons (Fsp3) is 0.368. The molecule has 0 radical (unpaired) electrons. The Kier molecular flexibility index (Phi) is 8.27. The van der Waals surface area contributed by atoms with Crippen LogP contribution in [-0.4, -0.2) is 37.0 Å². The number of carbonyl (C=O) groups is 1. The molecule has 0 bridgehead atoms. The molecule has 3 N–H and O–H groups in total. The van der Waals surface area contributed by atoms with E-state index in [-0.39, 0.29) is 9.92 Å². The Morgan fingerprint density at radius 2 is 1.71 bits per heavy atom. The minimum atomic E-state index is -4.63. The van der Waals surface area contributed by atoms with Gasteiger partial charge in [0, 0.05) is 18.1 Å². The van der Waals surface area contributed by atoms with Gasteiger partial charge >= 0.3 is 6.18 Å². The number of rotatable bonds is 3. The molecule has 0 saturated carbocycles. The van der Waals surface area contributed by atoms with Crippen LogP contribution in [0.2, 0.25) is 5.02 Å². The molecule has 1 saturated heterocycles. The highest BCUT2D eigenvalue weighted by Gasteiger charge is 2.34. The highest BCUT2D eigenvalue weighted by atomic mass is 35.5. The number of halogens is 4. The predicted octanol–water partition coefficient (Wildman–Crippen LogP) is 4.17. The van der Waals surface area contributed by atoms with Crippen LogP contribution in [0.5, 0.6) is 0 Å². The zero-order chi connectivity index (χ0) is 23.2. The molecule has 1 aromatic carbocycles. The number of hydrogen-bond donors (Lipinski definition) is 2. The molecule has 1 aliphatic rings. The van der Waals surface area contributed by atoms with E-state index < -0.39 is 33.3 Å². The first kappa shape index (κ1) is 24.9. The largest absolute Gasteiger partial charge is 0.417 e. The van der Waals surface area contributed by atoms with E-state index in [1.807, 2.05) is 0 Å². The van der Waals surface area contributed by atoms with Crippen molar-refractivity contribution in [1.29, 1.82) is 0 Å². The van der Waals surface area contributed by atoms with Crippen LogP contribution in [0.1, 0.15) is 41.6 Å². The zero-order valence-electron chi connectivity index (χ0n) is 16.3.